The number of carbonyl (C=O) groups is 1. The third-order valence-corrected chi connectivity index (χ3v) is 3.29. The number of anilines is 1. The Morgan fingerprint density at radius 1 is 1.37 bits per heavy atom. The van der Waals surface area contributed by atoms with E-state index in [1.54, 1.807) is 19.0 Å². The predicted octanol–water partition coefficient (Wildman–Crippen LogP) is 2.10. The third-order valence-electron chi connectivity index (χ3n) is 2.94. The summed E-state index contributed by atoms with van der Waals surface area (Å²) in [6.07, 6.45) is 0.969. The van der Waals surface area contributed by atoms with Gasteiger partial charge in [-0.2, -0.15) is 0 Å². The standard InChI is InChI=1S/C14H22ClN3O/c1-4-7-18(10-14(19)17(2)3)12-6-5-11(9-16)13(15)8-12/h5-6,8H,4,7,9-10,16H2,1-3H3. The van der Waals surface area contributed by atoms with Gasteiger partial charge in [0.1, 0.15) is 0 Å². The molecule has 0 saturated heterocycles. The highest BCUT2D eigenvalue weighted by Gasteiger charge is 2.13. The second-order valence-electron chi connectivity index (χ2n) is 4.69. The molecule has 1 amide bonds. The van der Waals surface area contributed by atoms with Gasteiger partial charge in [-0.15, -0.1) is 0 Å². The van der Waals surface area contributed by atoms with Gasteiger partial charge in [-0.05, 0) is 24.1 Å². The highest BCUT2D eigenvalue weighted by atomic mass is 35.5. The molecule has 0 aliphatic carbocycles. The maximum Gasteiger partial charge on any atom is 0.241 e. The van der Waals surface area contributed by atoms with Gasteiger partial charge in [0, 0.05) is 37.9 Å². The van der Waals surface area contributed by atoms with Crippen molar-refractivity contribution >= 4 is 23.2 Å². The first-order valence-electron chi connectivity index (χ1n) is 6.43. The van der Waals surface area contributed by atoms with E-state index in [-0.39, 0.29) is 5.91 Å². The molecule has 0 aliphatic rings. The number of halogens is 1. The SMILES string of the molecule is CCCN(CC(=O)N(C)C)c1ccc(CN)c(Cl)c1. The number of likely N-dealkylation sites (N-methyl/N-ethyl adjacent to an activating group) is 1. The number of carbonyl (C=O) groups excluding carboxylic acids is 1. The minimum absolute atomic E-state index is 0.0764. The van der Waals surface area contributed by atoms with Crippen LogP contribution in [0.5, 0.6) is 0 Å². The molecule has 1 aromatic carbocycles. The fourth-order valence-electron chi connectivity index (χ4n) is 1.77. The molecule has 1 aromatic rings. The number of hydrogen-bond donors (Lipinski definition) is 1. The molecule has 0 saturated carbocycles. The van der Waals surface area contributed by atoms with Crippen molar-refractivity contribution in [2.75, 3.05) is 32.1 Å². The molecular weight excluding hydrogens is 262 g/mol. The molecule has 0 spiro atoms. The van der Waals surface area contributed by atoms with Gasteiger partial charge in [0.15, 0.2) is 0 Å². The quantitative estimate of drug-likeness (QED) is 0.870. The van der Waals surface area contributed by atoms with Crippen molar-refractivity contribution in [2.45, 2.75) is 19.9 Å². The molecule has 4 nitrogen and oxygen atoms in total. The summed E-state index contributed by atoms with van der Waals surface area (Å²) in [7, 11) is 3.52. The van der Waals surface area contributed by atoms with Crippen LogP contribution in [-0.4, -0.2) is 38.0 Å². The monoisotopic (exact) mass is 283 g/mol. The molecule has 0 unspecified atom stereocenters. The van der Waals surface area contributed by atoms with Crippen LogP contribution in [0.15, 0.2) is 18.2 Å². The van der Waals surface area contributed by atoms with Gasteiger partial charge < -0.3 is 15.5 Å². The summed E-state index contributed by atoms with van der Waals surface area (Å²) >= 11 is 6.17. The van der Waals surface area contributed by atoms with E-state index in [1.807, 2.05) is 23.1 Å². The van der Waals surface area contributed by atoms with Gasteiger partial charge in [-0.1, -0.05) is 24.6 Å². The number of rotatable bonds is 6. The summed E-state index contributed by atoms with van der Waals surface area (Å²) in [6, 6.07) is 5.76. The Kier molecular flexibility index (Phi) is 6.12. The predicted molar refractivity (Wildman–Crippen MR) is 80.5 cm³/mol. The second kappa shape index (κ2) is 7.36. The van der Waals surface area contributed by atoms with Crippen molar-refractivity contribution in [2.24, 2.45) is 5.73 Å². The van der Waals surface area contributed by atoms with Crippen molar-refractivity contribution in [1.82, 2.24) is 4.90 Å². The van der Waals surface area contributed by atoms with Crippen LogP contribution in [0.2, 0.25) is 5.02 Å². The Hall–Kier alpha value is -1.26. The van der Waals surface area contributed by atoms with Gasteiger partial charge in [0.05, 0.1) is 6.54 Å². The smallest absolute Gasteiger partial charge is 0.241 e. The van der Waals surface area contributed by atoms with E-state index in [0.29, 0.717) is 18.1 Å². The minimum atomic E-state index is 0.0764. The van der Waals surface area contributed by atoms with Crippen LogP contribution >= 0.6 is 11.6 Å². The van der Waals surface area contributed by atoms with Crippen molar-refractivity contribution in [3.8, 4) is 0 Å². The third kappa shape index (κ3) is 4.40. The molecular formula is C14H22ClN3O. The summed E-state index contributed by atoms with van der Waals surface area (Å²) in [6.45, 7) is 3.68. The van der Waals surface area contributed by atoms with Gasteiger partial charge in [-0.3, -0.25) is 4.79 Å². The molecule has 0 atom stereocenters. The van der Waals surface area contributed by atoms with Gasteiger partial charge in [-0.25, -0.2) is 0 Å². The zero-order chi connectivity index (χ0) is 14.4. The first-order chi connectivity index (χ1) is 8.99. The van der Waals surface area contributed by atoms with Crippen LogP contribution < -0.4 is 10.6 Å². The first-order valence-corrected chi connectivity index (χ1v) is 6.81. The van der Waals surface area contributed by atoms with Crippen molar-refractivity contribution in [3.05, 3.63) is 28.8 Å². The molecule has 19 heavy (non-hydrogen) atoms. The minimum Gasteiger partial charge on any atom is -0.362 e. The van der Waals surface area contributed by atoms with E-state index in [1.165, 1.54) is 0 Å². The van der Waals surface area contributed by atoms with Crippen LogP contribution in [0, 0.1) is 0 Å². The molecule has 5 heteroatoms. The average Bonchev–Trinajstić information content (AvgIpc) is 2.37. The maximum absolute atomic E-state index is 11.8. The summed E-state index contributed by atoms with van der Waals surface area (Å²) in [5, 5.41) is 0.651. The van der Waals surface area contributed by atoms with E-state index in [0.717, 1.165) is 24.2 Å². The van der Waals surface area contributed by atoms with E-state index in [4.69, 9.17) is 17.3 Å². The lowest BCUT2D eigenvalue weighted by Crippen LogP contribution is -2.37. The zero-order valence-corrected chi connectivity index (χ0v) is 12.6. The van der Waals surface area contributed by atoms with E-state index >= 15 is 0 Å². The Morgan fingerprint density at radius 3 is 2.53 bits per heavy atom. The molecule has 1 rings (SSSR count). The fourth-order valence-corrected chi connectivity index (χ4v) is 2.02. The number of nitrogens with two attached hydrogens (primary N) is 1. The van der Waals surface area contributed by atoms with Crippen LogP contribution in [-0.2, 0) is 11.3 Å². The Bertz CT molecular complexity index is 435. The number of hydrogen-bond acceptors (Lipinski definition) is 3. The molecule has 0 aliphatic heterocycles. The highest BCUT2D eigenvalue weighted by Crippen LogP contribution is 2.23. The topological polar surface area (TPSA) is 49.6 Å². The van der Waals surface area contributed by atoms with Crippen LogP contribution in [0.3, 0.4) is 0 Å². The maximum atomic E-state index is 11.8. The van der Waals surface area contributed by atoms with Gasteiger partial charge in [0.25, 0.3) is 0 Å². The molecule has 0 fully saturated rings. The number of nitrogens with zero attached hydrogens (tertiary/aromatic N) is 2. The Labute approximate surface area is 120 Å². The highest BCUT2D eigenvalue weighted by molar-refractivity contribution is 6.31. The van der Waals surface area contributed by atoms with Gasteiger partial charge in [0.2, 0.25) is 5.91 Å². The normalized spacial score (nSPS) is 10.4. The first kappa shape index (κ1) is 15.8. The lowest BCUT2D eigenvalue weighted by molar-refractivity contribution is -0.127. The molecule has 2 N–H and O–H groups in total. The molecule has 0 bridgehead atoms. The molecule has 0 radical (unpaired) electrons. The summed E-state index contributed by atoms with van der Waals surface area (Å²) < 4.78 is 0. The van der Waals surface area contributed by atoms with Crippen LogP contribution in [0.1, 0.15) is 18.9 Å². The molecule has 0 aromatic heterocycles. The zero-order valence-electron chi connectivity index (χ0n) is 11.8. The fraction of sp³-hybridized carbons (Fsp3) is 0.500. The van der Waals surface area contributed by atoms with E-state index in [2.05, 4.69) is 6.92 Å². The summed E-state index contributed by atoms with van der Waals surface area (Å²) in [5.74, 6) is 0.0764. The summed E-state index contributed by atoms with van der Waals surface area (Å²) in [5.41, 5.74) is 7.47. The summed E-state index contributed by atoms with van der Waals surface area (Å²) in [4.78, 5) is 15.5. The molecule has 106 valence electrons. The number of amides is 1. The average molecular weight is 284 g/mol. The Morgan fingerprint density at radius 2 is 2.05 bits per heavy atom. The molecule has 0 heterocycles. The largest absolute Gasteiger partial charge is 0.362 e. The van der Waals surface area contributed by atoms with Crippen LogP contribution in [0.25, 0.3) is 0 Å². The van der Waals surface area contributed by atoms with Gasteiger partial charge >= 0.3 is 0 Å². The van der Waals surface area contributed by atoms with E-state index < -0.39 is 0 Å². The van der Waals surface area contributed by atoms with Crippen LogP contribution in [0.4, 0.5) is 5.69 Å². The van der Waals surface area contributed by atoms with Crippen molar-refractivity contribution < 1.29 is 4.79 Å². The van der Waals surface area contributed by atoms with E-state index in [9.17, 15) is 4.79 Å². The lowest BCUT2D eigenvalue weighted by atomic mass is 10.2. The number of benzene rings is 1. The lowest BCUT2D eigenvalue weighted by Gasteiger charge is -2.25. The Balaban J connectivity index is 2.92. The van der Waals surface area contributed by atoms with Crippen molar-refractivity contribution in [3.63, 3.8) is 0 Å². The van der Waals surface area contributed by atoms with Crippen molar-refractivity contribution in [1.29, 1.82) is 0 Å². The second-order valence-corrected chi connectivity index (χ2v) is 5.10.